The molecule has 1 unspecified atom stereocenters. The lowest BCUT2D eigenvalue weighted by molar-refractivity contribution is -0.00177. The number of amides is 1. The van der Waals surface area contributed by atoms with Crippen molar-refractivity contribution in [3.05, 3.63) is 47.9 Å². The lowest BCUT2D eigenvalue weighted by Gasteiger charge is -2.23. The van der Waals surface area contributed by atoms with Gasteiger partial charge < -0.3 is 20.8 Å². The van der Waals surface area contributed by atoms with Gasteiger partial charge in [0.15, 0.2) is 0 Å². The number of nitriles is 1. The molecule has 0 aliphatic heterocycles. The average molecular weight is 440 g/mol. The maximum absolute atomic E-state index is 14.0. The van der Waals surface area contributed by atoms with Gasteiger partial charge in [0.05, 0.1) is 35.6 Å². The number of aliphatic hydroxyl groups is 2. The normalized spacial score (nSPS) is 13.4. The third-order valence-corrected chi connectivity index (χ3v) is 4.92. The molecule has 168 valence electrons. The fourth-order valence-electron chi connectivity index (χ4n) is 2.98. The highest BCUT2D eigenvalue weighted by molar-refractivity contribution is 5.99. The van der Waals surface area contributed by atoms with E-state index in [0.29, 0.717) is 22.7 Å². The number of fused-ring (bicyclic) bond motifs is 1. The standard InChI is InChI=1S/C22H25FN6O3/c1-13(12-30)28-17-7-19(29-5-4-15-6-14(8-24)9-26-20(15)29)25-10-16(17)21(31)27-11-18(23)22(2,3)32/h4-7,9-10,13,18,30,32H,11-12H2,1-3H3,(H,25,28)(H,27,31)/t13-,18?/m0/s1. The molecule has 9 nitrogen and oxygen atoms in total. The van der Waals surface area contributed by atoms with Crippen LogP contribution in [0.4, 0.5) is 10.1 Å². The number of aromatic nitrogens is 3. The number of hydrogen-bond donors (Lipinski definition) is 4. The van der Waals surface area contributed by atoms with Crippen LogP contribution in [0.15, 0.2) is 36.8 Å². The number of rotatable bonds is 8. The van der Waals surface area contributed by atoms with Crippen molar-refractivity contribution in [1.29, 1.82) is 5.26 Å². The topological polar surface area (TPSA) is 136 Å². The van der Waals surface area contributed by atoms with Crippen LogP contribution < -0.4 is 10.6 Å². The summed E-state index contributed by atoms with van der Waals surface area (Å²) in [7, 11) is 0. The van der Waals surface area contributed by atoms with Crippen LogP contribution in [0.1, 0.15) is 36.7 Å². The first-order valence-corrected chi connectivity index (χ1v) is 10.0. The van der Waals surface area contributed by atoms with Crippen LogP contribution in [0, 0.1) is 11.3 Å². The third kappa shape index (κ3) is 5.01. The van der Waals surface area contributed by atoms with Gasteiger partial charge in [-0.25, -0.2) is 14.4 Å². The van der Waals surface area contributed by atoms with E-state index < -0.39 is 17.7 Å². The Morgan fingerprint density at radius 1 is 1.34 bits per heavy atom. The van der Waals surface area contributed by atoms with Crippen molar-refractivity contribution < 1.29 is 19.4 Å². The monoisotopic (exact) mass is 440 g/mol. The van der Waals surface area contributed by atoms with Crippen molar-refractivity contribution in [2.75, 3.05) is 18.5 Å². The number of carbonyl (C=O) groups is 1. The lowest BCUT2D eigenvalue weighted by atomic mass is 10.0. The molecule has 0 radical (unpaired) electrons. The summed E-state index contributed by atoms with van der Waals surface area (Å²) in [5, 5.41) is 34.5. The maximum atomic E-state index is 14.0. The summed E-state index contributed by atoms with van der Waals surface area (Å²) in [4.78, 5) is 21.4. The third-order valence-electron chi connectivity index (χ3n) is 4.92. The van der Waals surface area contributed by atoms with Crippen LogP contribution in [0.2, 0.25) is 0 Å². The molecule has 3 heterocycles. The number of pyridine rings is 2. The first kappa shape index (κ1) is 23.1. The van der Waals surface area contributed by atoms with Crippen molar-refractivity contribution in [2.24, 2.45) is 0 Å². The van der Waals surface area contributed by atoms with Crippen LogP contribution in [0.25, 0.3) is 16.9 Å². The molecule has 0 saturated heterocycles. The summed E-state index contributed by atoms with van der Waals surface area (Å²) in [6, 6.07) is 6.82. The van der Waals surface area contributed by atoms with Crippen LogP contribution in [-0.4, -0.2) is 61.6 Å². The smallest absolute Gasteiger partial charge is 0.255 e. The van der Waals surface area contributed by atoms with Crippen LogP contribution in [0.3, 0.4) is 0 Å². The van der Waals surface area contributed by atoms with Crippen molar-refractivity contribution in [3.8, 4) is 11.9 Å². The predicted octanol–water partition coefficient (Wildman–Crippen LogP) is 1.92. The van der Waals surface area contributed by atoms with Gasteiger partial charge >= 0.3 is 0 Å². The molecule has 0 spiro atoms. The average Bonchev–Trinajstić information content (AvgIpc) is 3.19. The number of hydrogen-bond acceptors (Lipinski definition) is 7. The fraction of sp³-hybridized carbons (Fsp3) is 0.364. The van der Waals surface area contributed by atoms with E-state index in [1.165, 1.54) is 26.2 Å². The highest BCUT2D eigenvalue weighted by atomic mass is 19.1. The second kappa shape index (κ2) is 9.30. The number of alkyl halides is 1. The van der Waals surface area contributed by atoms with E-state index in [9.17, 15) is 19.4 Å². The summed E-state index contributed by atoms with van der Waals surface area (Å²) in [5.74, 6) is -0.112. The molecule has 0 fully saturated rings. The van der Waals surface area contributed by atoms with E-state index in [4.69, 9.17) is 5.26 Å². The number of anilines is 1. The van der Waals surface area contributed by atoms with E-state index in [1.807, 2.05) is 6.07 Å². The van der Waals surface area contributed by atoms with E-state index in [0.717, 1.165) is 5.39 Å². The van der Waals surface area contributed by atoms with Gasteiger partial charge in [-0.15, -0.1) is 0 Å². The number of aliphatic hydroxyl groups excluding tert-OH is 1. The first-order chi connectivity index (χ1) is 15.1. The Kier molecular flexibility index (Phi) is 6.72. The molecule has 32 heavy (non-hydrogen) atoms. The summed E-state index contributed by atoms with van der Waals surface area (Å²) in [5.41, 5.74) is -0.0151. The SMILES string of the molecule is C[C@@H](CO)Nc1cc(-n2ccc3cc(C#N)cnc32)ncc1C(=O)NCC(F)C(C)(C)O. The number of carbonyl (C=O) groups excluding carboxylic acids is 1. The van der Waals surface area contributed by atoms with Gasteiger partial charge in [-0.05, 0) is 32.9 Å². The molecule has 0 aromatic carbocycles. The molecule has 3 rings (SSSR count). The minimum Gasteiger partial charge on any atom is -0.394 e. The van der Waals surface area contributed by atoms with E-state index in [1.54, 1.807) is 35.9 Å². The molecule has 3 aromatic heterocycles. The fourth-order valence-corrected chi connectivity index (χ4v) is 2.98. The maximum Gasteiger partial charge on any atom is 0.255 e. The van der Waals surface area contributed by atoms with Crippen molar-refractivity contribution in [3.63, 3.8) is 0 Å². The van der Waals surface area contributed by atoms with Gasteiger partial charge in [0.25, 0.3) is 5.91 Å². The second-order valence-electron chi connectivity index (χ2n) is 8.08. The summed E-state index contributed by atoms with van der Waals surface area (Å²) < 4.78 is 15.8. The molecule has 0 aliphatic carbocycles. The lowest BCUT2D eigenvalue weighted by Crippen LogP contribution is -2.42. The molecule has 4 N–H and O–H groups in total. The minimum atomic E-state index is -1.65. The van der Waals surface area contributed by atoms with Gasteiger partial charge in [0.1, 0.15) is 23.7 Å². The predicted molar refractivity (Wildman–Crippen MR) is 117 cm³/mol. The van der Waals surface area contributed by atoms with Gasteiger partial charge in [-0.2, -0.15) is 5.26 Å². The zero-order chi connectivity index (χ0) is 23.5. The zero-order valence-electron chi connectivity index (χ0n) is 18.0. The number of nitrogens with zero attached hydrogens (tertiary/aromatic N) is 4. The highest BCUT2D eigenvalue weighted by Gasteiger charge is 2.27. The largest absolute Gasteiger partial charge is 0.394 e. The van der Waals surface area contributed by atoms with Gasteiger partial charge in [0, 0.05) is 36.1 Å². The molecule has 0 aliphatic rings. The Balaban J connectivity index is 1.95. The molecular weight excluding hydrogens is 415 g/mol. The number of nitrogens with one attached hydrogen (secondary N) is 2. The van der Waals surface area contributed by atoms with Crippen LogP contribution in [0.5, 0.6) is 0 Å². The van der Waals surface area contributed by atoms with Gasteiger partial charge in [-0.3, -0.25) is 9.36 Å². The Labute approximate surface area is 184 Å². The molecular formula is C22H25FN6O3. The minimum absolute atomic E-state index is 0.160. The van der Waals surface area contributed by atoms with E-state index in [-0.39, 0.29) is 24.8 Å². The van der Waals surface area contributed by atoms with Crippen LogP contribution >= 0.6 is 0 Å². The molecule has 0 bridgehead atoms. The summed E-state index contributed by atoms with van der Waals surface area (Å²) >= 11 is 0. The number of halogens is 1. The Morgan fingerprint density at radius 2 is 2.09 bits per heavy atom. The molecule has 0 saturated carbocycles. The van der Waals surface area contributed by atoms with Crippen molar-refractivity contribution in [2.45, 2.75) is 38.6 Å². The summed E-state index contributed by atoms with van der Waals surface area (Å²) in [6.45, 7) is 3.85. The Bertz CT molecular complexity index is 1160. The molecule has 3 aromatic rings. The van der Waals surface area contributed by atoms with Crippen molar-refractivity contribution >= 4 is 22.6 Å². The van der Waals surface area contributed by atoms with E-state index in [2.05, 4.69) is 20.6 Å². The second-order valence-corrected chi connectivity index (χ2v) is 8.08. The zero-order valence-corrected chi connectivity index (χ0v) is 18.0. The quantitative estimate of drug-likeness (QED) is 0.420. The highest BCUT2D eigenvalue weighted by Crippen LogP contribution is 2.23. The molecule has 2 atom stereocenters. The van der Waals surface area contributed by atoms with Gasteiger partial charge in [-0.1, -0.05) is 0 Å². The van der Waals surface area contributed by atoms with Gasteiger partial charge in [0.2, 0.25) is 0 Å². The van der Waals surface area contributed by atoms with E-state index >= 15 is 0 Å². The summed E-state index contributed by atoms with van der Waals surface area (Å²) in [6.07, 6.45) is 2.91. The first-order valence-electron chi connectivity index (χ1n) is 10.0. The Hall–Kier alpha value is -3.55. The van der Waals surface area contributed by atoms with Crippen LogP contribution in [-0.2, 0) is 0 Å². The Morgan fingerprint density at radius 3 is 2.75 bits per heavy atom. The molecule has 1 amide bonds. The van der Waals surface area contributed by atoms with Crippen molar-refractivity contribution in [1.82, 2.24) is 19.9 Å². The molecule has 10 heteroatoms.